The Morgan fingerprint density at radius 3 is 1.81 bits per heavy atom. The van der Waals surface area contributed by atoms with E-state index < -0.39 is 42.5 Å². The summed E-state index contributed by atoms with van der Waals surface area (Å²) in [6.07, 6.45) is -4.35. The number of carbonyl (C=O) groups is 2. The monoisotopic (exact) mass is 452 g/mol. The van der Waals surface area contributed by atoms with Gasteiger partial charge in [0.15, 0.2) is 0 Å². The zero-order valence-electron chi connectivity index (χ0n) is 17.3. The largest absolute Gasteiger partial charge is 0.465 e. The van der Waals surface area contributed by atoms with Crippen LogP contribution in [0.4, 0.5) is 22.0 Å². The van der Waals surface area contributed by atoms with Crippen molar-refractivity contribution < 1.29 is 41.0 Å². The van der Waals surface area contributed by atoms with Crippen molar-refractivity contribution in [2.75, 3.05) is 6.61 Å². The standard InChI is InChI=1S/C22H29F5O4/c23-18(24)17(22(25,26)27)31-20(29)16-4-2-1-3-15(16)19(28)30-11-21-8-12-5-13(9-21)7-14(6-12)10-21/h12-18H,1-11H2. The first-order chi connectivity index (χ1) is 14.6. The van der Waals surface area contributed by atoms with Crippen LogP contribution in [0.15, 0.2) is 0 Å². The summed E-state index contributed by atoms with van der Waals surface area (Å²) in [6.45, 7) is 0.274. The van der Waals surface area contributed by atoms with Gasteiger partial charge in [0.25, 0.3) is 12.5 Å². The molecule has 3 atom stereocenters. The van der Waals surface area contributed by atoms with Gasteiger partial charge in [0, 0.05) is 5.41 Å². The maximum atomic E-state index is 12.8. The van der Waals surface area contributed by atoms with E-state index in [9.17, 15) is 31.5 Å². The van der Waals surface area contributed by atoms with Crippen molar-refractivity contribution in [3.8, 4) is 0 Å². The SMILES string of the molecule is O=C(OCC12CC3CC(CC(C3)C1)C2)C1CCCCC1C(=O)OC(C(F)F)C(F)(F)F. The molecule has 31 heavy (non-hydrogen) atoms. The molecule has 4 bridgehead atoms. The molecule has 0 aliphatic heterocycles. The third kappa shape index (κ3) is 4.85. The van der Waals surface area contributed by atoms with Crippen LogP contribution in [0.5, 0.6) is 0 Å². The number of hydrogen-bond acceptors (Lipinski definition) is 4. The van der Waals surface area contributed by atoms with Crippen LogP contribution in [0.2, 0.25) is 0 Å². The van der Waals surface area contributed by atoms with E-state index >= 15 is 0 Å². The zero-order chi connectivity index (χ0) is 22.4. The first-order valence-electron chi connectivity index (χ1n) is 11.3. The van der Waals surface area contributed by atoms with Gasteiger partial charge in [-0.3, -0.25) is 9.59 Å². The van der Waals surface area contributed by atoms with Crippen molar-refractivity contribution in [3.05, 3.63) is 0 Å². The minimum absolute atomic E-state index is 0.0217. The second kappa shape index (κ2) is 8.50. The lowest BCUT2D eigenvalue weighted by Crippen LogP contribution is -2.49. The molecule has 5 aliphatic rings. The fourth-order valence-corrected chi connectivity index (χ4v) is 6.97. The van der Waals surface area contributed by atoms with Gasteiger partial charge < -0.3 is 9.47 Å². The fraction of sp³-hybridized carbons (Fsp3) is 0.909. The lowest BCUT2D eigenvalue weighted by Gasteiger charge is -2.56. The third-order valence-electron chi connectivity index (χ3n) is 7.85. The molecular formula is C22H29F5O4. The molecule has 5 aliphatic carbocycles. The van der Waals surface area contributed by atoms with Crippen molar-refractivity contribution in [2.24, 2.45) is 35.0 Å². The molecule has 5 saturated carbocycles. The summed E-state index contributed by atoms with van der Waals surface area (Å²) in [5.74, 6) is -2.09. The highest BCUT2D eigenvalue weighted by Crippen LogP contribution is 2.60. The number of halogens is 5. The molecule has 0 aromatic heterocycles. The zero-order valence-corrected chi connectivity index (χ0v) is 17.3. The average Bonchev–Trinajstić information content (AvgIpc) is 2.68. The number of hydrogen-bond donors (Lipinski definition) is 0. The Hall–Kier alpha value is -1.41. The Morgan fingerprint density at radius 2 is 1.35 bits per heavy atom. The lowest BCUT2D eigenvalue weighted by molar-refractivity contribution is -0.251. The second-order valence-electron chi connectivity index (χ2n) is 10.3. The molecule has 0 amide bonds. The summed E-state index contributed by atoms with van der Waals surface area (Å²) in [5.41, 5.74) is -0.0217. The quantitative estimate of drug-likeness (QED) is 0.406. The Bertz CT molecular complexity index is 657. The average molecular weight is 452 g/mol. The highest BCUT2D eigenvalue weighted by molar-refractivity contribution is 5.82. The van der Waals surface area contributed by atoms with Gasteiger partial charge in [-0.1, -0.05) is 12.8 Å². The molecule has 4 nitrogen and oxygen atoms in total. The van der Waals surface area contributed by atoms with Gasteiger partial charge in [-0.2, -0.15) is 13.2 Å². The molecule has 0 N–H and O–H groups in total. The molecule has 0 aromatic rings. The number of rotatable bonds is 6. The van der Waals surface area contributed by atoms with E-state index in [1.54, 1.807) is 0 Å². The van der Waals surface area contributed by atoms with E-state index in [0.29, 0.717) is 30.6 Å². The lowest BCUT2D eigenvalue weighted by atomic mass is 9.50. The Kier molecular flexibility index (Phi) is 6.25. The minimum Gasteiger partial charge on any atom is -0.465 e. The third-order valence-corrected chi connectivity index (χ3v) is 7.85. The maximum Gasteiger partial charge on any atom is 0.431 e. The highest BCUT2D eigenvalue weighted by Gasteiger charge is 2.53. The molecule has 0 aromatic carbocycles. The molecule has 5 fully saturated rings. The minimum atomic E-state index is -5.37. The maximum absolute atomic E-state index is 12.8. The number of ether oxygens (including phenoxy) is 2. The molecule has 176 valence electrons. The summed E-state index contributed by atoms with van der Waals surface area (Å²) >= 11 is 0. The van der Waals surface area contributed by atoms with Gasteiger partial charge in [-0.15, -0.1) is 0 Å². The molecule has 0 saturated heterocycles. The predicted molar refractivity (Wildman–Crippen MR) is 99.0 cm³/mol. The van der Waals surface area contributed by atoms with Gasteiger partial charge in [0.1, 0.15) is 0 Å². The summed E-state index contributed by atoms with van der Waals surface area (Å²) < 4.78 is 73.7. The smallest absolute Gasteiger partial charge is 0.431 e. The van der Waals surface area contributed by atoms with Crippen molar-refractivity contribution in [1.29, 1.82) is 0 Å². The Morgan fingerprint density at radius 1 is 0.871 bits per heavy atom. The van der Waals surface area contributed by atoms with Crippen molar-refractivity contribution >= 4 is 11.9 Å². The van der Waals surface area contributed by atoms with Gasteiger partial charge in [0.2, 0.25) is 0 Å². The summed E-state index contributed by atoms with van der Waals surface area (Å²) in [5, 5.41) is 0. The molecular weight excluding hydrogens is 423 g/mol. The molecule has 5 rings (SSSR count). The molecule has 0 spiro atoms. The predicted octanol–water partition coefficient (Wildman–Crippen LogP) is 5.29. The summed E-state index contributed by atoms with van der Waals surface area (Å²) in [7, 11) is 0. The molecule has 9 heteroatoms. The van der Waals surface area contributed by atoms with Crippen LogP contribution < -0.4 is 0 Å². The number of carbonyl (C=O) groups excluding carboxylic acids is 2. The van der Waals surface area contributed by atoms with E-state index in [-0.39, 0.29) is 24.9 Å². The normalized spacial score (nSPS) is 38.2. The molecule has 0 heterocycles. The van der Waals surface area contributed by atoms with Crippen molar-refractivity contribution in [1.82, 2.24) is 0 Å². The van der Waals surface area contributed by atoms with E-state index in [2.05, 4.69) is 4.74 Å². The topological polar surface area (TPSA) is 52.6 Å². The Labute approximate surface area is 178 Å². The van der Waals surface area contributed by atoms with Gasteiger partial charge in [-0.25, -0.2) is 8.78 Å². The first kappa shape index (κ1) is 22.8. The van der Waals surface area contributed by atoms with Crippen LogP contribution in [0.25, 0.3) is 0 Å². The van der Waals surface area contributed by atoms with Crippen LogP contribution >= 0.6 is 0 Å². The molecule has 0 radical (unpaired) electrons. The van der Waals surface area contributed by atoms with Crippen LogP contribution in [-0.2, 0) is 19.1 Å². The molecule has 3 unspecified atom stereocenters. The summed E-state index contributed by atoms with van der Waals surface area (Å²) in [4.78, 5) is 25.2. The van der Waals surface area contributed by atoms with Crippen LogP contribution in [0.3, 0.4) is 0 Å². The van der Waals surface area contributed by atoms with E-state index in [1.165, 1.54) is 19.3 Å². The van der Waals surface area contributed by atoms with E-state index in [1.807, 2.05) is 0 Å². The van der Waals surface area contributed by atoms with Crippen molar-refractivity contribution in [2.45, 2.75) is 82.9 Å². The van der Waals surface area contributed by atoms with Crippen molar-refractivity contribution in [3.63, 3.8) is 0 Å². The first-order valence-corrected chi connectivity index (χ1v) is 11.3. The van der Waals surface area contributed by atoms with E-state index in [0.717, 1.165) is 19.3 Å². The number of alkyl halides is 5. The summed E-state index contributed by atoms with van der Waals surface area (Å²) in [6, 6.07) is 0. The second-order valence-corrected chi connectivity index (χ2v) is 10.3. The fourth-order valence-electron chi connectivity index (χ4n) is 6.97. The Balaban J connectivity index is 1.38. The number of esters is 2. The van der Waals surface area contributed by atoms with Crippen LogP contribution in [-0.4, -0.2) is 37.3 Å². The van der Waals surface area contributed by atoms with Gasteiger partial charge in [-0.05, 0) is 69.1 Å². The van der Waals surface area contributed by atoms with E-state index in [4.69, 9.17) is 4.74 Å². The van der Waals surface area contributed by atoms with Crippen LogP contribution in [0.1, 0.15) is 64.2 Å². The van der Waals surface area contributed by atoms with Gasteiger partial charge in [0.05, 0.1) is 18.4 Å². The van der Waals surface area contributed by atoms with Crippen LogP contribution in [0, 0.1) is 35.0 Å². The van der Waals surface area contributed by atoms with Gasteiger partial charge >= 0.3 is 18.1 Å². The highest BCUT2D eigenvalue weighted by atomic mass is 19.4.